The Balaban J connectivity index is 3.76. The van der Waals surface area contributed by atoms with Gasteiger partial charge in [0.2, 0.25) is 0 Å². The van der Waals surface area contributed by atoms with Gasteiger partial charge < -0.3 is 10.0 Å². The predicted octanol–water partition coefficient (Wildman–Crippen LogP) is 1.88. The van der Waals surface area contributed by atoms with Gasteiger partial charge >= 0.3 is 0 Å². The van der Waals surface area contributed by atoms with Gasteiger partial charge in [-0.3, -0.25) is 0 Å². The predicted molar refractivity (Wildman–Crippen MR) is 53.3 cm³/mol. The molecule has 2 unspecified atom stereocenters. The minimum atomic E-state index is -0.175. The molecule has 0 aromatic heterocycles. The van der Waals surface area contributed by atoms with Crippen LogP contribution in [0, 0.1) is 0 Å². The maximum Gasteiger partial charge on any atom is 0.0526 e. The van der Waals surface area contributed by atoms with Gasteiger partial charge in [-0.05, 0) is 39.8 Å². The van der Waals surface area contributed by atoms with Gasteiger partial charge in [-0.25, -0.2) is 0 Å². The Morgan fingerprint density at radius 1 is 1.25 bits per heavy atom. The lowest BCUT2D eigenvalue weighted by atomic mass is 10.1. The first-order valence-corrected chi connectivity index (χ1v) is 5.03. The zero-order valence-electron chi connectivity index (χ0n) is 8.88. The summed E-state index contributed by atoms with van der Waals surface area (Å²) in [5.41, 5.74) is 0. The molecule has 12 heavy (non-hydrogen) atoms. The Labute approximate surface area is 76.6 Å². The van der Waals surface area contributed by atoms with Crippen molar-refractivity contribution in [2.75, 3.05) is 13.1 Å². The van der Waals surface area contributed by atoms with Crippen molar-refractivity contribution < 1.29 is 5.11 Å². The first-order chi connectivity index (χ1) is 5.61. The normalized spacial score (nSPS) is 16.5. The zero-order valence-corrected chi connectivity index (χ0v) is 8.88. The van der Waals surface area contributed by atoms with Gasteiger partial charge in [-0.15, -0.1) is 0 Å². The van der Waals surface area contributed by atoms with Gasteiger partial charge in [0.25, 0.3) is 0 Å². The Kier molecular flexibility index (Phi) is 6.39. The highest BCUT2D eigenvalue weighted by atomic mass is 16.3. The van der Waals surface area contributed by atoms with E-state index in [0.29, 0.717) is 6.04 Å². The maximum atomic E-state index is 9.21. The Hall–Kier alpha value is -0.0800. The van der Waals surface area contributed by atoms with E-state index in [0.717, 1.165) is 19.5 Å². The SMILES string of the molecule is CCCN(CC)C(C)CC(C)O. The third-order valence-corrected chi connectivity index (χ3v) is 2.22. The minimum absolute atomic E-state index is 0.175. The van der Waals surface area contributed by atoms with Crippen molar-refractivity contribution >= 4 is 0 Å². The summed E-state index contributed by atoms with van der Waals surface area (Å²) in [7, 11) is 0. The highest BCUT2D eigenvalue weighted by molar-refractivity contribution is 4.67. The molecule has 0 amide bonds. The van der Waals surface area contributed by atoms with E-state index in [4.69, 9.17) is 0 Å². The van der Waals surface area contributed by atoms with Gasteiger partial charge in [0.05, 0.1) is 6.10 Å². The fraction of sp³-hybridized carbons (Fsp3) is 1.00. The fourth-order valence-corrected chi connectivity index (χ4v) is 1.62. The Morgan fingerprint density at radius 2 is 1.83 bits per heavy atom. The van der Waals surface area contributed by atoms with Crippen molar-refractivity contribution in [2.24, 2.45) is 0 Å². The number of aliphatic hydroxyl groups is 1. The fourth-order valence-electron chi connectivity index (χ4n) is 1.62. The molecule has 0 radical (unpaired) electrons. The van der Waals surface area contributed by atoms with Crippen molar-refractivity contribution in [1.82, 2.24) is 4.90 Å². The van der Waals surface area contributed by atoms with Crippen LogP contribution in [-0.2, 0) is 0 Å². The van der Waals surface area contributed by atoms with Gasteiger partial charge in [-0.1, -0.05) is 13.8 Å². The number of rotatable bonds is 6. The molecule has 0 spiro atoms. The Bertz CT molecular complexity index is 104. The molecule has 0 aliphatic rings. The minimum Gasteiger partial charge on any atom is -0.393 e. The zero-order chi connectivity index (χ0) is 9.56. The molecule has 0 saturated carbocycles. The van der Waals surface area contributed by atoms with Crippen molar-refractivity contribution in [2.45, 2.75) is 52.7 Å². The Morgan fingerprint density at radius 3 is 2.17 bits per heavy atom. The third-order valence-electron chi connectivity index (χ3n) is 2.22. The van der Waals surface area contributed by atoms with E-state index in [1.807, 2.05) is 6.92 Å². The summed E-state index contributed by atoms with van der Waals surface area (Å²) in [5, 5.41) is 9.21. The molecular formula is C10H23NO. The summed E-state index contributed by atoms with van der Waals surface area (Å²) in [6.45, 7) is 10.6. The largest absolute Gasteiger partial charge is 0.393 e. The summed E-state index contributed by atoms with van der Waals surface area (Å²) in [4.78, 5) is 2.41. The quantitative estimate of drug-likeness (QED) is 0.663. The van der Waals surface area contributed by atoms with Crippen LogP contribution in [0.25, 0.3) is 0 Å². The van der Waals surface area contributed by atoms with Crippen LogP contribution in [0.5, 0.6) is 0 Å². The second-order valence-electron chi connectivity index (χ2n) is 3.56. The second-order valence-corrected chi connectivity index (χ2v) is 3.56. The summed E-state index contributed by atoms with van der Waals surface area (Å²) in [6.07, 6.45) is 1.90. The molecule has 0 bridgehead atoms. The maximum absolute atomic E-state index is 9.21. The van der Waals surface area contributed by atoms with E-state index in [1.54, 1.807) is 0 Å². The van der Waals surface area contributed by atoms with Crippen molar-refractivity contribution in [3.05, 3.63) is 0 Å². The average molecular weight is 173 g/mol. The summed E-state index contributed by atoms with van der Waals surface area (Å²) >= 11 is 0. The van der Waals surface area contributed by atoms with E-state index in [2.05, 4.69) is 25.7 Å². The van der Waals surface area contributed by atoms with Crippen LogP contribution >= 0.6 is 0 Å². The van der Waals surface area contributed by atoms with E-state index in [-0.39, 0.29) is 6.10 Å². The number of hydrogen-bond acceptors (Lipinski definition) is 2. The molecule has 0 aromatic carbocycles. The van der Waals surface area contributed by atoms with Crippen LogP contribution < -0.4 is 0 Å². The average Bonchev–Trinajstić information content (AvgIpc) is 1.98. The molecule has 0 fully saturated rings. The summed E-state index contributed by atoms with van der Waals surface area (Å²) in [5.74, 6) is 0. The molecule has 0 rings (SSSR count). The van der Waals surface area contributed by atoms with Gasteiger partial charge in [0.15, 0.2) is 0 Å². The summed E-state index contributed by atoms with van der Waals surface area (Å²) < 4.78 is 0. The molecule has 74 valence electrons. The topological polar surface area (TPSA) is 23.5 Å². The molecule has 2 nitrogen and oxygen atoms in total. The van der Waals surface area contributed by atoms with Crippen LogP contribution in [0.15, 0.2) is 0 Å². The van der Waals surface area contributed by atoms with Crippen LogP contribution in [0.2, 0.25) is 0 Å². The first kappa shape index (κ1) is 11.9. The van der Waals surface area contributed by atoms with Crippen LogP contribution in [-0.4, -0.2) is 35.2 Å². The van der Waals surface area contributed by atoms with Crippen molar-refractivity contribution in [3.63, 3.8) is 0 Å². The van der Waals surface area contributed by atoms with Crippen molar-refractivity contribution in [1.29, 1.82) is 0 Å². The van der Waals surface area contributed by atoms with Gasteiger partial charge in [-0.2, -0.15) is 0 Å². The molecule has 0 aromatic rings. The summed E-state index contributed by atoms with van der Waals surface area (Å²) in [6, 6.07) is 0.509. The van der Waals surface area contributed by atoms with Crippen LogP contribution in [0.4, 0.5) is 0 Å². The van der Waals surface area contributed by atoms with E-state index in [9.17, 15) is 5.11 Å². The van der Waals surface area contributed by atoms with Gasteiger partial charge in [0.1, 0.15) is 0 Å². The lowest BCUT2D eigenvalue weighted by Crippen LogP contribution is -2.35. The molecular weight excluding hydrogens is 150 g/mol. The van der Waals surface area contributed by atoms with Gasteiger partial charge in [0, 0.05) is 6.04 Å². The molecule has 2 atom stereocenters. The lowest BCUT2D eigenvalue weighted by Gasteiger charge is -2.28. The smallest absolute Gasteiger partial charge is 0.0526 e. The van der Waals surface area contributed by atoms with E-state index in [1.165, 1.54) is 6.42 Å². The monoisotopic (exact) mass is 173 g/mol. The molecule has 0 heterocycles. The molecule has 0 saturated heterocycles. The number of aliphatic hydroxyl groups excluding tert-OH is 1. The highest BCUT2D eigenvalue weighted by Gasteiger charge is 2.12. The number of nitrogens with zero attached hydrogens (tertiary/aromatic N) is 1. The molecule has 0 aliphatic heterocycles. The van der Waals surface area contributed by atoms with E-state index >= 15 is 0 Å². The molecule has 1 N–H and O–H groups in total. The van der Waals surface area contributed by atoms with Crippen molar-refractivity contribution in [3.8, 4) is 0 Å². The second kappa shape index (κ2) is 6.44. The standard InChI is InChI=1S/C10H23NO/c1-5-7-11(6-2)9(3)8-10(4)12/h9-10,12H,5-8H2,1-4H3. The van der Waals surface area contributed by atoms with E-state index < -0.39 is 0 Å². The van der Waals surface area contributed by atoms with Crippen LogP contribution in [0.3, 0.4) is 0 Å². The lowest BCUT2D eigenvalue weighted by molar-refractivity contribution is 0.123. The first-order valence-electron chi connectivity index (χ1n) is 5.03. The number of hydrogen-bond donors (Lipinski definition) is 1. The molecule has 2 heteroatoms. The van der Waals surface area contributed by atoms with Crippen LogP contribution in [0.1, 0.15) is 40.5 Å². The molecule has 0 aliphatic carbocycles. The highest BCUT2D eigenvalue weighted by Crippen LogP contribution is 2.06. The third kappa shape index (κ3) is 4.73.